The molecule has 8 aromatic rings. The summed E-state index contributed by atoms with van der Waals surface area (Å²) in [6.45, 7) is 4.82. The van der Waals surface area contributed by atoms with Gasteiger partial charge in [-0.05, 0) is 93.6 Å². The maximum Gasteiger partial charge on any atom is 0.0602 e. The van der Waals surface area contributed by atoms with Crippen LogP contribution in [0.1, 0.15) is 64.8 Å². The lowest BCUT2D eigenvalue weighted by Crippen LogP contribution is -2.45. The van der Waals surface area contributed by atoms with E-state index in [0.29, 0.717) is 5.92 Å². The molecule has 55 heavy (non-hydrogen) atoms. The first-order valence-corrected chi connectivity index (χ1v) is 20.6. The fourth-order valence-electron chi connectivity index (χ4n) is 10.9. The van der Waals surface area contributed by atoms with Crippen molar-refractivity contribution in [2.45, 2.75) is 50.0 Å². The highest BCUT2D eigenvalue weighted by Gasteiger charge is 2.42. The highest BCUT2D eigenvalue weighted by molar-refractivity contribution is 7.19. The van der Waals surface area contributed by atoms with Gasteiger partial charge in [0.2, 0.25) is 0 Å². The summed E-state index contributed by atoms with van der Waals surface area (Å²) >= 11 is 2.00. The van der Waals surface area contributed by atoms with Gasteiger partial charge in [-0.15, -0.1) is 11.3 Å². The summed E-state index contributed by atoms with van der Waals surface area (Å²) in [5.74, 6) is 0.568. The molecule has 0 bridgehead atoms. The molecule has 3 unspecified atom stereocenters. The smallest absolute Gasteiger partial charge is 0.0602 e. The summed E-state index contributed by atoms with van der Waals surface area (Å²) in [6, 6.07) is 50.5. The van der Waals surface area contributed by atoms with E-state index in [9.17, 15) is 0 Å². The van der Waals surface area contributed by atoms with Gasteiger partial charge >= 0.3 is 0 Å². The maximum atomic E-state index is 2.72. The zero-order chi connectivity index (χ0) is 36.4. The van der Waals surface area contributed by atoms with Crippen LogP contribution in [0, 0.1) is 0 Å². The number of fused-ring (bicyclic) bond motifs is 13. The van der Waals surface area contributed by atoms with Crippen molar-refractivity contribution in [3.8, 4) is 16.8 Å². The normalized spacial score (nSPS) is 20.3. The number of allylic oxidation sites excluding steroid dienone is 4. The predicted molar refractivity (Wildman–Crippen MR) is 233 cm³/mol. The average molecular weight is 725 g/mol. The summed E-state index contributed by atoms with van der Waals surface area (Å²) in [7, 11) is 0. The van der Waals surface area contributed by atoms with Gasteiger partial charge in [-0.1, -0.05) is 141 Å². The monoisotopic (exact) mass is 724 g/mol. The van der Waals surface area contributed by atoms with Crippen molar-refractivity contribution in [1.29, 1.82) is 0 Å². The lowest BCUT2D eigenvalue weighted by Gasteiger charge is -2.47. The Morgan fingerprint density at radius 1 is 0.691 bits per heavy atom. The van der Waals surface area contributed by atoms with Gasteiger partial charge in [-0.2, -0.15) is 0 Å². The molecular formula is C52H40N2S. The first kappa shape index (κ1) is 31.5. The van der Waals surface area contributed by atoms with Gasteiger partial charge in [0.15, 0.2) is 0 Å². The minimum Gasteiger partial charge on any atom is -0.337 e. The van der Waals surface area contributed by atoms with Gasteiger partial charge in [0.05, 0.1) is 22.8 Å². The molecule has 2 nitrogen and oxygen atoms in total. The molecular weight excluding hydrogens is 685 g/mol. The molecule has 6 aromatic carbocycles. The number of hydrogen-bond acceptors (Lipinski definition) is 2. The fourth-order valence-corrected chi connectivity index (χ4v) is 12.2. The number of anilines is 1. The molecule has 4 aliphatic rings. The van der Waals surface area contributed by atoms with Gasteiger partial charge < -0.3 is 9.47 Å². The van der Waals surface area contributed by atoms with E-state index in [0.717, 1.165) is 12.8 Å². The Kier molecular flexibility index (Phi) is 6.61. The van der Waals surface area contributed by atoms with Crippen LogP contribution in [-0.4, -0.2) is 10.6 Å². The second-order valence-corrected chi connectivity index (χ2v) is 17.4. The molecule has 3 atom stereocenters. The third kappa shape index (κ3) is 4.30. The quantitative estimate of drug-likeness (QED) is 0.176. The van der Waals surface area contributed by atoms with Crippen molar-refractivity contribution in [1.82, 2.24) is 4.57 Å². The van der Waals surface area contributed by atoms with E-state index in [1.165, 1.54) is 92.8 Å². The molecule has 12 rings (SSSR count). The SMILES string of the molecule is CC1(C)c2ccccc2-c2ccc3c(c21)c1ccccc1n3-c1ccccc1C1CC=CC=C1N1c2ccccc2CC2c3sc4ccccc4c3C=CC21. The molecule has 0 saturated heterocycles. The van der Waals surface area contributed by atoms with Crippen LogP contribution >= 0.6 is 11.3 Å². The Labute approximate surface area is 326 Å². The molecule has 0 fully saturated rings. The standard InChI is InChI=1S/C52H40N2S/c1-52(2)41-21-9-4-16-33(41)37-27-30-47-49(50(37)52)39-20-7-13-25-45(39)54(47)44-24-12-6-18-35(44)34-17-5-11-23-43(34)53-42-22-10-3-15-32(42)31-40-46(53)29-28-38-36-19-8-14-26-48(36)55-51(38)40/h3-16,18-30,34,40,46H,17,31H2,1-2H3. The molecule has 0 amide bonds. The largest absolute Gasteiger partial charge is 0.337 e. The summed E-state index contributed by atoms with van der Waals surface area (Å²) < 4.78 is 3.96. The number of rotatable bonds is 3. The molecule has 3 aliphatic carbocycles. The van der Waals surface area contributed by atoms with Crippen molar-refractivity contribution < 1.29 is 0 Å². The van der Waals surface area contributed by atoms with E-state index < -0.39 is 0 Å². The molecule has 0 N–H and O–H groups in total. The zero-order valence-corrected chi connectivity index (χ0v) is 31.9. The third-order valence-electron chi connectivity index (χ3n) is 13.2. The number of nitrogens with zero attached hydrogens (tertiary/aromatic N) is 2. The van der Waals surface area contributed by atoms with Crippen LogP contribution in [0.2, 0.25) is 0 Å². The number of aromatic nitrogens is 1. The second kappa shape index (κ2) is 11.6. The Bertz CT molecular complexity index is 3000. The number of para-hydroxylation sites is 3. The molecule has 3 heterocycles. The van der Waals surface area contributed by atoms with Gasteiger partial charge in [0.25, 0.3) is 0 Å². The molecule has 264 valence electrons. The molecule has 2 aromatic heterocycles. The summed E-state index contributed by atoms with van der Waals surface area (Å²) in [6.07, 6.45) is 14.0. The number of hydrogen-bond donors (Lipinski definition) is 0. The van der Waals surface area contributed by atoms with E-state index in [1.807, 2.05) is 11.3 Å². The van der Waals surface area contributed by atoms with Gasteiger partial charge in [-0.25, -0.2) is 0 Å². The minimum atomic E-state index is -0.107. The van der Waals surface area contributed by atoms with Crippen molar-refractivity contribution >= 4 is 55.0 Å². The van der Waals surface area contributed by atoms with Crippen molar-refractivity contribution in [3.63, 3.8) is 0 Å². The first-order chi connectivity index (χ1) is 27.1. The van der Waals surface area contributed by atoms with Crippen LogP contribution in [-0.2, 0) is 11.8 Å². The van der Waals surface area contributed by atoms with Gasteiger partial charge in [-0.3, -0.25) is 0 Å². The predicted octanol–water partition coefficient (Wildman–Crippen LogP) is 13.5. The highest BCUT2D eigenvalue weighted by atomic mass is 32.1. The Morgan fingerprint density at radius 3 is 2.38 bits per heavy atom. The van der Waals surface area contributed by atoms with Crippen LogP contribution in [0.5, 0.6) is 0 Å². The van der Waals surface area contributed by atoms with Crippen molar-refractivity contribution in [3.05, 3.63) is 196 Å². The Morgan fingerprint density at radius 2 is 1.45 bits per heavy atom. The van der Waals surface area contributed by atoms with E-state index in [-0.39, 0.29) is 17.4 Å². The van der Waals surface area contributed by atoms with E-state index >= 15 is 0 Å². The van der Waals surface area contributed by atoms with Crippen molar-refractivity contribution in [2.24, 2.45) is 0 Å². The topological polar surface area (TPSA) is 8.17 Å². The van der Waals surface area contributed by atoms with E-state index in [1.54, 1.807) is 0 Å². The Hall–Kier alpha value is -5.90. The number of thiophene rings is 1. The molecule has 0 spiro atoms. The third-order valence-corrected chi connectivity index (χ3v) is 14.5. The number of benzene rings is 6. The van der Waals surface area contributed by atoms with Crippen LogP contribution < -0.4 is 4.90 Å². The van der Waals surface area contributed by atoms with Gasteiger partial charge in [0, 0.05) is 49.0 Å². The minimum absolute atomic E-state index is 0.107. The van der Waals surface area contributed by atoms with E-state index in [4.69, 9.17) is 0 Å². The average Bonchev–Trinajstić information content (AvgIpc) is 3.86. The van der Waals surface area contributed by atoms with Crippen LogP contribution in [0.3, 0.4) is 0 Å². The Balaban J connectivity index is 1.05. The van der Waals surface area contributed by atoms with Crippen LogP contribution in [0.25, 0.3) is 54.8 Å². The zero-order valence-electron chi connectivity index (χ0n) is 31.0. The lowest BCUT2D eigenvalue weighted by molar-refractivity contribution is 0.542. The van der Waals surface area contributed by atoms with Crippen LogP contribution in [0.4, 0.5) is 5.69 Å². The summed E-state index contributed by atoms with van der Waals surface area (Å²) in [5.41, 5.74) is 16.2. The summed E-state index contributed by atoms with van der Waals surface area (Å²) in [5, 5.41) is 4.09. The molecule has 0 radical (unpaired) electrons. The summed E-state index contributed by atoms with van der Waals surface area (Å²) in [4.78, 5) is 4.25. The van der Waals surface area contributed by atoms with E-state index in [2.05, 4.69) is 187 Å². The second-order valence-electron chi connectivity index (χ2n) is 16.3. The maximum absolute atomic E-state index is 2.72. The van der Waals surface area contributed by atoms with Gasteiger partial charge in [0.1, 0.15) is 0 Å². The highest BCUT2D eigenvalue weighted by Crippen LogP contribution is 2.55. The first-order valence-electron chi connectivity index (χ1n) is 19.8. The molecule has 1 aliphatic heterocycles. The molecule has 0 saturated carbocycles. The van der Waals surface area contributed by atoms with Crippen molar-refractivity contribution in [2.75, 3.05) is 4.90 Å². The molecule has 3 heteroatoms. The lowest BCUT2D eigenvalue weighted by atomic mass is 9.77. The fraction of sp³-hybridized carbons (Fsp3) is 0.154. The van der Waals surface area contributed by atoms with Crippen LogP contribution in [0.15, 0.2) is 163 Å².